The first-order valence-corrected chi connectivity index (χ1v) is 7.87. The van der Waals surface area contributed by atoms with Crippen LogP contribution in [0.1, 0.15) is 56.2 Å². The van der Waals surface area contributed by atoms with Gasteiger partial charge in [-0.15, -0.1) is 0 Å². The largest absolute Gasteiger partial charge is 0.481 e. The smallest absolute Gasteiger partial charge is 0.306 e. The number of fused-ring (bicyclic) bond motifs is 1. The highest BCUT2D eigenvalue weighted by Gasteiger charge is 2.42. The summed E-state index contributed by atoms with van der Waals surface area (Å²) in [7, 11) is 0. The highest BCUT2D eigenvalue weighted by Crippen LogP contribution is 2.47. The van der Waals surface area contributed by atoms with Crippen LogP contribution in [0.5, 0.6) is 0 Å². The van der Waals surface area contributed by atoms with Crippen LogP contribution in [0.2, 0.25) is 0 Å². The monoisotopic (exact) mass is 273 g/mol. The van der Waals surface area contributed by atoms with Crippen LogP contribution in [0.4, 0.5) is 0 Å². The molecule has 108 valence electrons. The average Bonchev–Trinajstić information content (AvgIpc) is 2.90. The summed E-state index contributed by atoms with van der Waals surface area (Å²) in [5.74, 6) is 0.567. The number of nitrogens with zero attached hydrogens (tertiary/aromatic N) is 1. The van der Waals surface area contributed by atoms with E-state index in [-0.39, 0.29) is 11.8 Å². The summed E-state index contributed by atoms with van der Waals surface area (Å²) < 4.78 is 0. The van der Waals surface area contributed by atoms with Crippen LogP contribution in [0.3, 0.4) is 0 Å². The van der Waals surface area contributed by atoms with Crippen LogP contribution in [0.25, 0.3) is 0 Å². The molecular formula is C17H23NO2. The molecule has 3 heteroatoms. The normalized spacial score (nSPS) is 32.9. The minimum atomic E-state index is -0.603. The van der Waals surface area contributed by atoms with E-state index in [0.29, 0.717) is 11.8 Å². The summed E-state index contributed by atoms with van der Waals surface area (Å²) in [6, 6.07) is 4.14. The highest BCUT2D eigenvalue weighted by molar-refractivity contribution is 5.70. The molecule has 0 spiro atoms. The molecule has 0 bridgehead atoms. The molecule has 3 rings (SSSR count). The van der Waals surface area contributed by atoms with Gasteiger partial charge in [0, 0.05) is 17.8 Å². The van der Waals surface area contributed by atoms with E-state index in [0.717, 1.165) is 32.1 Å². The zero-order valence-electron chi connectivity index (χ0n) is 12.1. The number of carboxylic acid groups (broad SMARTS) is 1. The third-order valence-electron chi connectivity index (χ3n) is 5.42. The number of hydrogen-bond donors (Lipinski definition) is 1. The minimum absolute atomic E-state index is 0.171. The number of aliphatic carboxylic acids is 1. The van der Waals surface area contributed by atoms with Gasteiger partial charge in [-0.3, -0.25) is 9.78 Å². The molecule has 0 radical (unpaired) electrons. The molecule has 1 aromatic rings. The van der Waals surface area contributed by atoms with Crippen molar-refractivity contribution in [3.05, 3.63) is 29.6 Å². The van der Waals surface area contributed by atoms with Crippen LogP contribution >= 0.6 is 0 Å². The molecule has 1 fully saturated rings. The van der Waals surface area contributed by atoms with Crippen LogP contribution in [0.15, 0.2) is 18.3 Å². The van der Waals surface area contributed by atoms with Crippen molar-refractivity contribution in [2.24, 2.45) is 17.8 Å². The lowest BCUT2D eigenvalue weighted by molar-refractivity contribution is -0.146. The van der Waals surface area contributed by atoms with Crippen molar-refractivity contribution in [2.75, 3.05) is 0 Å². The van der Waals surface area contributed by atoms with Crippen molar-refractivity contribution in [2.45, 2.75) is 51.4 Å². The topological polar surface area (TPSA) is 50.2 Å². The van der Waals surface area contributed by atoms with Crippen molar-refractivity contribution in [1.29, 1.82) is 0 Å². The lowest BCUT2D eigenvalue weighted by atomic mass is 9.67. The van der Waals surface area contributed by atoms with E-state index in [1.165, 1.54) is 17.7 Å². The second-order valence-corrected chi connectivity index (χ2v) is 6.39. The van der Waals surface area contributed by atoms with E-state index in [1.54, 1.807) is 0 Å². The van der Waals surface area contributed by atoms with Crippen molar-refractivity contribution >= 4 is 5.97 Å². The molecule has 0 aliphatic heterocycles. The highest BCUT2D eigenvalue weighted by atomic mass is 16.4. The Bertz CT molecular complexity index is 500. The molecule has 1 heterocycles. The second kappa shape index (κ2) is 5.55. The number of aryl methyl sites for hydroxylation is 1. The standard InChI is InChI=1S/C17H23NO2/c1-2-11-5-7-14(17(19)20)15(10-11)13-8-6-12-4-3-9-18-16(12)13/h3-4,9,11,13-15H,2,5-8,10H2,1H3,(H,19,20). The molecule has 3 nitrogen and oxygen atoms in total. The minimum Gasteiger partial charge on any atom is -0.481 e. The van der Waals surface area contributed by atoms with Gasteiger partial charge >= 0.3 is 5.97 Å². The molecule has 1 saturated carbocycles. The van der Waals surface area contributed by atoms with Crippen molar-refractivity contribution < 1.29 is 9.90 Å². The molecular weight excluding hydrogens is 250 g/mol. The van der Waals surface area contributed by atoms with Gasteiger partial charge < -0.3 is 5.11 Å². The summed E-state index contributed by atoms with van der Waals surface area (Å²) in [5, 5.41) is 9.56. The Morgan fingerprint density at radius 3 is 3.00 bits per heavy atom. The molecule has 1 aromatic heterocycles. The fraction of sp³-hybridized carbons (Fsp3) is 0.647. The maximum Gasteiger partial charge on any atom is 0.306 e. The first-order chi connectivity index (χ1) is 9.70. The summed E-state index contributed by atoms with van der Waals surface area (Å²) in [4.78, 5) is 16.2. The predicted octanol–water partition coefficient (Wildman–Crippen LogP) is 3.64. The molecule has 4 atom stereocenters. The number of hydrogen-bond acceptors (Lipinski definition) is 2. The Morgan fingerprint density at radius 1 is 1.40 bits per heavy atom. The summed E-state index contributed by atoms with van der Waals surface area (Å²) in [6.45, 7) is 2.23. The van der Waals surface area contributed by atoms with E-state index in [2.05, 4.69) is 18.0 Å². The quantitative estimate of drug-likeness (QED) is 0.914. The third kappa shape index (κ3) is 2.34. The maximum absolute atomic E-state index is 11.6. The molecule has 1 N–H and O–H groups in total. The number of carbonyl (C=O) groups is 1. The van der Waals surface area contributed by atoms with Crippen molar-refractivity contribution in [3.63, 3.8) is 0 Å². The van der Waals surface area contributed by atoms with Crippen molar-refractivity contribution in [1.82, 2.24) is 4.98 Å². The summed E-state index contributed by atoms with van der Waals surface area (Å²) in [5.41, 5.74) is 2.51. The Hall–Kier alpha value is -1.38. The Morgan fingerprint density at radius 2 is 2.25 bits per heavy atom. The van der Waals surface area contributed by atoms with Crippen molar-refractivity contribution in [3.8, 4) is 0 Å². The molecule has 2 aliphatic carbocycles. The molecule has 2 aliphatic rings. The Labute approximate surface area is 120 Å². The lowest BCUT2D eigenvalue weighted by Gasteiger charge is -2.37. The van der Waals surface area contributed by atoms with Gasteiger partial charge in [0.1, 0.15) is 0 Å². The molecule has 20 heavy (non-hydrogen) atoms. The van der Waals surface area contributed by atoms with E-state index in [9.17, 15) is 9.90 Å². The van der Waals surface area contributed by atoms with E-state index < -0.39 is 5.97 Å². The second-order valence-electron chi connectivity index (χ2n) is 6.39. The Balaban J connectivity index is 1.88. The van der Waals surface area contributed by atoms with Gasteiger partial charge in [-0.2, -0.15) is 0 Å². The van der Waals surface area contributed by atoms with Gasteiger partial charge in [-0.25, -0.2) is 0 Å². The molecule has 4 unspecified atom stereocenters. The fourth-order valence-corrected chi connectivity index (χ4v) is 4.28. The number of carboxylic acids is 1. The third-order valence-corrected chi connectivity index (χ3v) is 5.42. The van der Waals surface area contributed by atoms with Gasteiger partial charge in [0.2, 0.25) is 0 Å². The fourth-order valence-electron chi connectivity index (χ4n) is 4.28. The lowest BCUT2D eigenvalue weighted by Crippen LogP contribution is -2.34. The first-order valence-electron chi connectivity index (χ1n) is 7.87. The number of rotatable bonds is 3. The number of aromatic nitrogens is 1. The predicted molar refractivity (Wildman–Crippen MR) is 77.5 cm³/mol. The molecule has 0 amide bonds. The van der Waals surface area contributed by atoms with E-state index >= 15 is 0 Å². The SMILES string of the molecule is CCC1CCC(C(=O)O)C(C2CCc3cccnc32)C1. The van der Waals surface area contributed by atoms with Crippen LogP contribution in [0, 0.1) is 17.8 Å². The van der Waals surface area contributed by atoms with Gasteiger partial charge in [-0.05, 0) is 55.6 Å². The van der Waals surface area contributed by atoms with E-state index in [1.807, 2.05) is 12.3 Å². The Kier molecular flexibility index (Phi) is 3.77. The van der Waals surface area contributed by atoms with Gasteiger partial charge in [0.15, 0.2) is 0 Å². The maximum atomic E-state index is 11.6. The van der Waals surface area contributed by atoms with Crippen LogP contribution in [-0.2, 0) is 11.2 Å². The first kappa shape index (κ1) is 13.6. The zero-order valence-corrected chi connectivity index (χ0v) is 12.1. The zero-order chi connectivity index (χ0) is 14.1. The average molecular weight is 273 g/mol. The van der Waals surface area contributed by atoms with E-state index in [4.69, 9.17) is 0 Å². The molecule has 0 aromatic carbocycles. The van der Waals surface area contributed by atoms with Gasteiger partial charge in [0.05, 0.1) is 5.92 Å². The van der Waals surface area contributed by atoms with Gasteiger partial charge in [0.25, 0.3) is 0 Å². The summed E-state index contributed by atoms with van der Waals surface area (Å²) in [6.07, 6.45) is 8.15. The van der Waals surface area contributed by atoms with Crippen LogP contribution in [-0.4, -0.2) is 16.1 Å². The molecule has 0 saturated heterocycles. The van der Waals surface area contributed by atoms with Crippen LogP contribution < -0.4 is 0 Å². The summed E-state index contributed by atoms with van der Waals surface area (Å²) >= 11 is 0. The van der Waals surface area contributed by atoms with Gasteiger partial charge in [-0.1, -0.05) is 19.4 Å². The number of pyridine rings is 1.